The molecule has 2 rings (SSSR count). The van der Waals surface area contributed by atoms with Gasteiger partial charge in [-0.2, -0.15) is 12.6 Å². The third-order valence-electron chi connectivity index (χ3n) is 2.38. The second-order valence-electron chi connectivity index (χ2n) is 3.40. The smallest absolute Gasteiger partial charge is 0.127 e. The molecule has 0 heterocycles. The van der Waals surface area contributed by atoms with Gasteiger partial charge in [0.1, 0.15) is 5.75 Å². The number of thiol groups is 1. The van der Waals surface area contributed by atoms with Crippen molar-refractivity contribution in [1.29, 1.82) is 0 Å². The van der Waals surface area contributed by atoms with Crippen LogP contribution in [0, 0.1) is 0 Å². The Bertz CT molecular complexity index is 463. The van der Waals surface area contributed by atoms with E-state index in [1.54, 1.807) is 0 Å². The van der Waals surface area contributed by atoms with Crippen molar-refractivity contribution in [2.24, 2.45) is 0 Å². The highest BCUT2D eigenvalue weighted by Gasteiger charge is 2.08. The third kappa shape index (κ3) is 1.46. The molecule has 1 unspecified atom stereocenters. The summed E-state index contributed by atoms with van der Waals surface area (Å²) in [5, 5.41) is 12.0. The maximum absolute atomic E-state index is 9.97. The van der Waals surface area contributed by atoms with Crippen molar-refractivity contribution < 1.29 is 5.11 Å². The Balaban J connectivity index is 2.75. The van der Waals surface area contributed by atoms with Gasteiger partial charge in [-0.05, 0) is 12.3 Å². The monoisotopic (exact) mass is 204 g/mol. The Kier molecular flexibility index (Phi) is 2.38. The second-order valence-corrected chi connectivity index (χ2v) is 4.18. The van der Waals surface area contributed by atoms with Gasteiger partial charge in [-0.25, -0.2) is 0 Å². The van der Waals surface area contributed by atoms with Crippen molar-refractivity contribution in [3.8, 4) is 5.75 Å². The van der Waals surface area contributed by atoms with Gasteiger partial charge in [-0.15, -0.1) is 0 Å². The summed E-state index contributed by atoms with van der Waals surface area (Å²) in [6.45, 7) is 1.95. The van der Waals surface area contributed by atoms with E-state index in [4.69, 9.17) is 0 Å². The second kappa shape index (κ2) is 3.54. The molecule has 0 amide bonds. The van der Waals surface area contributed by atoms with E-state index < -0.39 is 0 Å². The summed E-state index contributed by atoms with van der Waals surface area (Å²) in [6, 6.07) is 11.7. The van der Waals surface area contributed by atoms with Crippen LogP contribution in [0.1, 0.15) is 17.7 Å². The lowest BCUT2D eigenvalue weighted by atomic mass is 10.0. The molecule has 1 nitrogen and oxygen atoms in total. The molecule has 0 spiro atoms. The molecule has 0 aliphatic carbocycles. The van der Waals surface area contributed by atoms with Crippen LogP contribution in [0.2, 0.25) is 0 Å². The molecule has 0 saturated carbocycles. The first kappa shape index (κ1) is 9.41. The Hall–Kier alpha value is -1.15. The van der Waals surface area contributed by atoms with Crippen LogP contribution in [-0.4, -0.2) is 5.11 Å². The molecule has 0 aromatic heterocycles. The fourth-order valence-electron chi connectivity index (χ4n) is 1.61. The summed E-state index contributed by atoms with van der Waals surface area (Å²) in [4.78, 5) is 0. The Morgan fingerprint density at radius 1 is 1.14 bits per heavy atom. The quantitative estimate of drug-likeness (QED) is 0.681. The number of phenols is 1. The van der Waals surface area contributed by atoms with Crippen LogP contribution in [0.15, 0.2) is 36.4 Å². The lowest BCUT2D eigenvalue weighted by Crippen LogP contribution is -1.86. The van der Waals surface area contributed by atoms with E-state index in [0.717, 1.165) is 16.3 Å². The molecule has 14 heavy (non-hydrogen) atoms. The Morgan fingerprint density at radius 3 is 2.57 bits per heavy atom. The summed E-state index contributed by atoms with van der Waals surface area (Å²) in [6.07, 6.45) is 0. The van der Waals surface area contributed by atoms with Gasteiger partial charge in [-0.3, -0.25) is 0 Å². The average Bonchev–Trinajstić information content (AvgIpc) is 2.18. The van der Waals surface area contributed by atoms with E-state index in [1.807, 2.05) is 43.3 Å². The number of hydrogen-bond acceptors (Lipinski definition) is 2. The van der Waals surface area contributed by atoms with Crippen molar-refractivity contribution in [2.75, 3.05) is 0 Å². The highest BCUT2D eigenvalue weighted by atomic mass is 32.1. The van der Waals surface area contributed by atoms with Gasteiger partial charge in [0.25, 0.3) is 0 Å². The molecule has 0 aliphatic rings. The lowest BCUT2D eigenvalue weighted by molar-refractivity contribution is 0.475. The zero-order chi connectivity index (χ0) is 10.1. The number of rotatable bonds is 1. The highest BCUT2D eigenvalue weighted by molar-refractivity contribution is 7.80. The van der Waals surface area contributed by atoms with Crippen LogP contribution >= 0.6 is 12.6 Å². The number of hydrogen-bond donors (Lipinski definition) is 2. The standard InChI is InChI=1S/C12H12OS/c1-8(14)10-7-6-9-4-2-3-5-11(9)12(10)13/h2-8,13-14H,1H3. The van der Waals surface area contributed by atoms with E-state index in [1.165, 1.54) is 0 Å². The van der Waals surface area contributed by atoms with Crippen LogP contribution in [0.25, 0.3) is 10.8 Å². The van der Waals surface area contributed by atoms with Crippen molar-refractivity contribution in [1.82, 2.24) is 0 Å². The van der Waals surface area contributed by atoms with Gasteiger partial charge in [0.2, 0.25) is 0 Å². The first-order valence-corrected chi connectivity index (χ1v) is 5.10. The molecule has 0 aliphatic heterocycles. The molecule has 0 bridgehead atoms. The minimum absolute atomic E-state index is 0.0552. The first-order valence-electron chi connectivity index (χ1n) is 4.59. The Morgan fingerprint density at radius 2 is 1.86 bits per heavy atom. The molecule has 1 N–H and O–H groups in total. The van der Waals surface area contributed by atoms with E-state index in [0.29, 0.717) is 5.75 Å². The van der Waals surface area contributed by atoms with Gasteiger partial charge < -0.3 is 5.11 Å². The minimum atomic E-state index is 0.0552. The number of phenolic OH excluding ortho intramolecular Hbond substituents is 1. The van der Waals surface area contributed by atoms with Crippen molar-refractivity contribution in [3.63, 3.8) is 0 Å². The fraction of sp³-hybridized carbons (Fsp3) is 0.167. The number of fused-ring (bicyclic) bond motifs is 1. The molecule has 2 aromatic rings. The maximum atomic E-state index is 9.97. The Labute approximate surface area is 88.8 Å². The average molecular weight is 204 g/mol. The van der Waals surface area contributed by atoms with Gasteiger partial charge in [0.15, 0.2) is 0 Å². The SMILES string of the molecule is CC(S)c1ccc2ccccc2c1O. The van der Waals surface area contributed by atoms with Crippen molar-refractivity contribution in [3.05, 3.63) is 42.0 Å². The zero-order valence-corrected chi connectivity index (χ0v) is 8.83. The normalized spacial score (nSPS) is 13.0. The van der Waals surface area contributed by atoms with E-state index in [2.05, 4.69) is 12.6 Å². The van der Waals surface area contributed by atoms with E-state index in [-0.39, 0.29) is 5.25 Å². The molecule has 2 aromatic carbocycles. The van der Waals surface area contributed by atoms with Crippen LogP contribution in [0.3, 0.4) is 0 Å². The number of benzene rings is 2. The van der Waals surface area contributed by atoms with Crippen LogP contribution in [0.5, 0.6) is 5.75 Å². The fourth-order valence-corrected chi connectivity index (χ4v) is 1.82. The summed E-state index contributed by atoms with van der Waals surface area (Å²) in [5.41, 5.74) is 0.882. The molecule has 0 saturated heterocycles. The van der Waals surface area contributed by atoms with Gasteiger partial charge in [0.05, 0.1) is 0 Å². The first-order chi connectivity index (χ1) is 6.70. The van der Waals surface area contributed by atoms with Gasteiger partial charge >= 0.3 is 0 Å². The highest BCUT2D eigenvalue weighted by Crippen LogP contribution is 2.34. The topological polar surface area (TPSA) is 20.2 Å². The van der Waals surface area contributed by atoms with Crippen LogP contribution in [0.4, 0.5) is 0 Å². The van der Waals surface area contributed by atoms with Gasteiger partial charge in [0, 0.05) is 16.2 Å². The molecule has 72 valence electrons. The number of aromatic hydroxyl groups is 1. The van der Waals surface area contributed by atoms with Crippen molar-refractivity contribution >= 4 is 23.4 Å². The predicted molar refractivity (Wildman–Crippen MR) is 63.0 cm³/mol. The summed E-state index contributed by atoms with van der Waals surface area (Å²) < 4.78 is 0. The zero-order valence-electron chi connectivity index (χ0n) is 7.94. The molecule has 0 radical (unpaired) electrons. The lowest BCUT2D eigenvalue weighted by Gasteiger charge is -2.09. The van der Waals surface area contributed by atoms with Gasteiger partial charge in [-0.1, -0.05) is 36.4 Å². The van der Waals surface area contributed by atoms with E-state index >= 15 is 0 Å². The summed E-state index contributed by atoms with van der Waals surface area (Å²) in [7, 11) is 0. The predicted octanol–water partition coefficient (Wildman–Crippen LogP) is 3.54. The summed E-state index contributed by atoms with van der Waals surface area (Å²) in [5.74, 6) is 0.352. The maximum Gasteiger partial charge on any atom is 0.127 e. The van der Waals surface area contributed by atoms with Crippen LogP contribution < -0.4 is 0 Å². The van der Waals surface area contributed by atoms with Crippen LogP contribution in [-0.2, 0) is 0 Å². The molecule has 0 fully saturated rings. The largest absolute Gasteiger partial charge is 0.507 e. The van der Waals surface area contributed by atoms with E-state index in [9.17, 15) is 5.11 Å². The minimum Gasteiger partial charge on any atom is -0.507 e. The van der Waals surface area contributed by atoms with Crippen molar-refractivity contribution in [2.45, 2.75) is 12.2 Å². The molecule has 1 atom stereocenters. The third-order valence-corrected chi connectivity index (χ3v) is 2.66. The molecule has 2 heteroatoms. The molecular weight excluding hydrogens is 192 g/mol. The summed E-state index contributed by atoms with van der Waals surface area (Å²) >= 11 is 4.32. The molecular formula is C12H12OS.